The van der Waals surface area contributed by atoms with Gasteiger partial charge in [0.25, 0.3) is 0 Å². The summed E-state index contributed by atoms with van der Waals surface area (Å²) in [6.45, 7) is 6.39. The maximum Gasteiger partial charge on any atom is 0.303 e. The van der Waals surface area contributed by atoms with Gasteiger partial charge < -0.3 is 5.11 Å². The first-order valence-electron chi connectivity index (χ1n) is 8.94. The molecule has 1 N–H and O–H groups in total. The van der Waals surface area contributed by atoms with Gasteiger partial charge in [0.2, 0.25) is 0 Å². The molecule has 5 unspecified atom stereocenters. The lowest BCUT2D eigenvalue weighted by atomic mass is 9.47. The monoisotopic (exact) mass is 320 g/mol. The van der Waals surface area contributed by atoms with Gasteiger partial charge in [0.1, 0.15) is 11.6 Å². The lowest BCUT2D eigenvalue weighted by Crippen LogP contribution is -2.54. The van der Waals surface area contributed by atoms with E-state index in [1.54, 1.807) is 0 Å². The van der Waals surface area contributed by atoms with Crippen molar-refractivity contribution < 1.29 is 19.5 Å². The number of Topliss-reactive ketones (excluding diaryl/α,β-unsaturated/α-hetero) is 2. The number of carboxylic acid groups (broad SMARTS) is 1. The zero-order valence-electron chi connectivity index (χ0n) is 14.4. The maximum absolute atomic E-state index is 12.8. The number of rotatable bonds is 3. The van der Waals surface area contributed by atoms with E-state index in [9.17, 15) is 14.4 Å². The molecule has 0 aliphatic heterocycles. The maximum atomic E-state index is 12.8. The van der Waals surface area contributed by atoms with Gasteiger partial charge in [-0.1, -0.05) is 20.8 Å². The second kappa shape index (κ2) is 5.42. The fraction of sp³-hybridized carbons (Fsp3) is 0.842. The molecule has 0 heterocycles. The summed E-state index contributed by atoms with van der Waals surface area (Å²) in [7, 11) is 0. The predicted molar refractivity (Wildman–Crippen MR) is 85.8 cm³/mol. The largest absolute Gasteiger partial charge is 0.481 e. The van der Waals surface area contributed by atoms with E-state index in [1.165, 1.54) is 0 Å². The normalized spacial score (nSPS) is 46.4. The van der Waals surface area contributed by atoms with Crippen molar-refractivity contribution in [2.45, 2.75) is 65.7 Å². The molecule has 3 saturated carbocycles. The summed E-state index contributed by atoms with van der Waals surface area (Å²) in [5, 5.41) is 9.06. The molecule has 23 heavy (non-hydrogen) atoms. The number of carbonyl (C=O) groups excluding carboxylic acids is 2. The number of carboxylic acids is 1. The molecule has 3 rings (SSSR count). The van der Waals surface area contributed by atoms with E-state index in [0.29, 0.717) is 49.2 Å². The van der Waals surface area contributed by atoms with Crippen molar-refractivity contribution in [2.75, 3.05) is 0 Å². The highest BCUT2D eigenvalue weighted by Gasteiger charge is 2.60. The van der Waals surface area contributed by atoms with Crippen LogP contribution in [0.5, 0.6) is 0 Å². The first-order chi connectivity index (χ1) is 10.7. The zero-order chi connectivity index (χ0) is 17.0. The van der Waals surface area contributed by atoms with Gasteiger partial charge >= 0.3 is 5.97 Å². The lowest BCUT2D eigenvalue weighted by molar-refractivity contribution is -0.152. The second-order valence-electron chi connectivity index (χ2n) is 8.82. The van der Waals surface area contributed by atoms with Crippen molar-refractivity contribution in [2.24, 2.45) is 34.5 Å². The quantitative estimate of drug-likeness (QED) is 0.864. The summed E-state index contributed by atoms with van der Waals surface area (Å²) in [6.07, 6.45) is 4.33. The highest BCUT2D eigenvalue weighted by Crippen LogP contribution is 2.63. The third-order valence-corrected chi connectivity index (χ3v) is 7.38. The Morgan fingerprint density at radius 2 is 1.91 bits per heavy atom. The van der Waals surface area contributed by atoms with Crippen LogP contribution in [0, 0.1) is 34.5 Å². The van der Waals surface area contributed by atoms with Gasteiger partial charge in [-0.3, -0.25) is 14.4 Å². The first-order valence-corrected chi connectivity index (χ1v) is 8.94. The van der Waals surface area contributed by atoms with Crippen LogP contribution in [0.3, 0.4) is 0 Å². The number of hydrogen-bond donors (Lipinski definition) is 1. The predicted octanol–water partition coefficient (Wildman–Crippen LogP) is 3.48. The molecule has 0 aromatic rings. The van der Waals surface area contributed by atoms with Crippen LogP contribution in [-0.4, -0.2) is 22.6 Å². The van der Waals surface area contributed by atoms with Crippen LogP contribution >= 0.6 is 0 Å². The molecular formula is C19H28O4. The number of fused-ring (bicyclic) bond motifs is 3. The van der Waals surface area contributed by atoms with Crippen LogP contribution in [0.15, 0.2) is 0 Å². The Hall–Kier alpha value is -1.19. The zero-order valence-corrected chi connectivity index (χ0v) is 14.4. The van der Waals surface area contributed by atoms with Gasteiger partial charge in [0.05, 0.1) is 0 Å². The van der Waals surface area contributed by atoms with Gasteiger partial charge in [0.15, 0.2) is 0 Å². The van der Waals surface area contributed by atoms with Gasteiger partial charge in [-0.2, -0.15) is 0 Å². The molecule has 3 aliphatic rings. The average molecular weight is 320 g/mol. The summed E-state index contributed by atoms with van der Waals surface area (Å²) in [4.78, 5) is 35.9. The molecule has 0 saturated heterocycles. The minimum Gasteiger partial charge on any atom is -0.481 e. The van der Waals surface area contributed by atoms with Gasteiger partial charge in [-0.25, -0.2) is 0 Å². The molecule has 4 nitrogen and oxygen atoms in total. The topological polar surface area (TPSA) is 71.4 Å². The summed E-state index contributed by atoms with van der Waals surface area (Å²) < 4.78 is 0. The SMILES string of the molecule is CC1CC(=O)[C@](C)(CCC(=O)O)C2CCC3(C)CC(=O)CC3C12. The molecule has 0 amide bonds. The summed E-state index contributed by atoms with van der Waals surface area (Å²) >= 11 is 0. The Balaban J connectivity index is 1.93. The molecular weight excluding hydrogens is 292 g/mol. The summed E-state index contributed by atoms with van der Waals surface area (Å²) in [6, 6.07) is 0. The molecule has 6 atom stereocenters. The van der Waals surface area contributed by atoms with E-state index in [0.717, 1.165) is 12.8 Å². The second-order valence-corrected chi connectivity index (χ2v) is 8.82. The van der Waals surface area contributed by atoms with Crippen molar-refractivity contribution >= 4 is 17.5 Å². The third kappa shape index (κ3) is 2.54. The molecule has 0 bridgehead atoms. The van der Waals surface area contributed by atoms with Gasteiger partial charge in [-0.05, 0) is 48.3 Å². The molecule has 0 spiro atoms. The van der Waals surface area contributed by atoms with Gasteiger partial charge in [0, 0.05) is 31.1 Å². The van der Waals surface area contributed by atoms with Crippen LogP contribution in [0.25, 0.3) is 0 Å². The van der Waals surface area contributed by atoms with Crippen molar-refractivity contribution in [3.63, 3.8) is 0 Å². The fourth-order valence-corrected chi connectivity index (χ4v) is 6.07. The van der Waals surface area contributed by atoms with Crippen LogP contribution in [0.4, 0.5) is 0 Å². The highest BCUT2D eigenvalue weighted by atomic mass is 16.4. The molecule has 4 heteroatoms. The smallest absolute Gasteiger partial charge is 0.303 e. The van der Waals surface area contributed by atoms with Crippen molar-refractivity contribution in [1.29, 1.82) is 0 Å². The van der Waals surface area contributed by atoms with E-state index in [1.807, 2.05) is 6.92 Å². The van der Waals surface area contributed by atoms with Crippen LogP contribution in [0.2, 0.25) is 0 Å². The van der Waals surface area contributed by atoms with Crippen LogP contribution in [0.1, 0.15) is 65.7 Å². The van der Waals surface area contributed by atoms with E-state index in [2.05, 4.69) is 13.8 Å². The van der Waals surface area contributed by atoms with E-state index >= 15 is 0 Å². The van der Waals surface area contributed by atoms with E-state index in [4.69, 9.17) is 5.11 Å². The lowest BCUT2D eigenvalue weighted by Gasteiger charge is -2.56. The average Bonchev–Trinajstić information content (AvgIpc) is 2.76. The van der Waals surface area contributed by atoms with Crippen LogP contribution < -0.4 is 0 Å². The minimum atomic E-state index is -0.828. The van der Waals surface area contributed by atoms with Gasteiger partial charge in [-0.15, -0.1) is 0 Å². The number of ketones is 2. The Kier molecular flexibility index (Phi) is 3.93. The Morgan fingerprint density at radius 1 is 1.22 bits per heavy atom. The number of hydrogen-bond acceptors (Lipinski definition) is 3. The molecule has 0 radical (unpaired) electrons. The number of carbonyl (C=O) groups is 3. The molecule has 3 fully saturated rings. The molecule has 0 aromatic carbocycles. The fourth-order valence-electron chi connectivity index (χ4n) is 6.07. The summed E-state index contributed by atoms with van der Waals surface area (Å²) in [5.74, 6) is 1.08. The van der Waals surface area contributed by atoms with E-state index in [-0.39, 0.29) is 23.5 Å². The van der Waals surface area contributed by atoms with Crippen molar-refractivity contribution in [3.05, 3.63) is 0 Å². The number of aliphatic carboxylic acids is 1. The molecule has 0 aromatic heterocycles. The first kappa shape index (κ1) is 16.7. The minimum absolute atomic E-state index is 0.0563. The molecule has 128 valence electrons. The van der Waals surface area contributed by atoms with Crippen molar-refractivity contribution in [3.8, 4) is 0 Å². The van der Waals surface area contributed by atoms with Crippen LogP contribution in [-0.2, 0) is 14.4 Å². The molecule has 3 aliphatic carbocycles. The third-order valence-electron chi connectivity index (χ3n) is 7.38. The summed E-state index contributed by atoms with van der Waals surface area (Å²) in [5.41, 5.74) is -0.427. The standard InChI is InChI=1S/C19H28O4/c1-11-8-15(21)19(3,7-5-16(22)23)13-4-6-18(2)10-12(20)9-14(18)17(11)13/h11,13-14,17H,4-10H2,1-3H3,(H,22,23)/t11?,13?,14?,17?,18?,19-/m1/s1. The Morgan fingerprint density at radius 3 is 2.57 bits per heavy atom. The Bertz CT molecular complexity index is 554. The van der Waals surface area contributed by atoms with Crippen molar-refractivity contribution in [1.82, 2.24) is 0 Å². The van der Waals surface area contributed by atoms with E-state index < -0.39 is 11.4 Å². The highest BCUT2D eigenvalue weighted by molar-refractivity contribution is 5.87. The Labute approximate surface area is 138 Å².